The van der Waals surface area contributed by atoms with Crippen molar-refractivity contribution in [3.8, 4) is 22.6 Å². The molecular weight excluding hydrogens is 396 g/mol. The molecule has 2 N–H and O–H groups in total. The third-order valence-electron chi connectivity index (χ3n) is 5.47. The van der Waals surface area contributed by atoms with E-state index in [2.05, 4.69) is 15.7 Å². The van der Waals surface area contributed by atoms with Crippen LogP contribution in [0.4, 0.5) is 11.5 Å². The standard InChI is InChI=1S/C23H22N4O4/c1-13-3-5-15(6-4-13)21-14(2)26-27-17(23(29)25-22(21)27)12-20(28)24-16-7-8-18-19(11-16)31-10-9-30-18/h3-8,11,17H,9-10,12H2,1-2H3,(H,24,28)(H,25,29). The van der Waals surface area contributed by atoms with Crippen LogP contribution in [0.1, 0.15) is 23.7 Å². The lowest BCUT2D eigenvalue weighted by atomic mass is 10.0. The maximum Gasteiger partial charge on any atom is 0.251 e. The first-order valence-electron chi connectivity index (χ1n) is 10.2. The number of hydrogen-bond acceptors (Lipinski definition) is 5. The van der Waals surface area contributed by atoms with Gasteiger partial charge >= 0.3 is 0 Å². The van der Waals surface area contributed by atoms with Crippen LogP contribution in [0.15, 0.2) is 42.5 Å². The van der Waals surface area contributed by atoms with E-state index in [1.54, 1.807) is 22.9 Å². The molecule has 0 fully saturated rings. The Hall–Kier alpha value is -3.81. The summed E-state index contributed by atoms with van der Waals surface area (Å²) in [6.07, 6.45) is -0.0261. The summed E-state index contributed by atoms with van der Waals surface area (Å²) in [5.74, 6) is 1.35. The molecule has 1 unspecified atom stereocenters. The first-order chi connectivity index (χ1) is 15.0. The molecule has 0 radical (unpaired) electrons. The van der Waals surface area contributed by atoms with Gasteiger partial charge in [-0.2, -0.15) is 5.10 Å². The number of carbonyl (C=O) groups excluding carboxylic acids is 2. The first kappa shape index (κ1) is 19.2. The van der Waals surface area contributed by atoms with Gasteiger partial charge in [-0.1, -0.05) is 29.8 Å². The van der Waals surface area contributed by atoms with E-state index in [9.17, 15) is 9.59 Å². The van der Waals surface area contributed by atoms with Gasteiger partial charge in [0.1, 0.15) is 25.1 Å². The topological polar surface area (TPSA) is 94.5 Å². The Balaban J connectivity index is 1.35. The SMILES string of the molecule is Cc1ccc(-c2c(C)nn3c2NC(=O)C3CC(=O)Nc2ccc3c(c2)OCCO3)cc1. The Morgan fingerprint density at radius 3 is 2.65 bits per heavy atom. The summed E-state index contributed by atoms with van der Waals surface area (Å²) in [5.41, 5.74) is 4.40. The van der Waals surface area contributed by atoms with Crippen molar-refractivity contribution in [1.29, 1.82) is 0 Å². The van der Waals surface area contributed by atoms with E-state index >= 15 is 0 Å². The second-order valence-corrected chi connectivity index (χ2v) is 7.74. The van der Waals surface area contributed by atoms with E-state index in [-0.39, 0.29) is 18.2 Å². The Kier molecular flexibility index (Phi) is 4.62. The van der Waals surface area contributed by atoms with Crippen molar-refractivity contribution in [2.45, 2.75) is 26.3 Å². The van der Waals surface area contributed by atoms with Gasteiger partial charge in [-0.25, -0.2) is 4.68 Å². The molecule has 3 heterocycles. The Morgan fingerprint density at radius 2 is 1.87 bits per heavy atom. The van der Waals surface area contributed by atoms with E-state index in [1.807, 2.05) is 38.1 Å². The molecule has 8 nitrogen and oxygen atoms in total. The highest BCUT2D eigenvalue weighted by atomic mass is 16.6. The average molecular weight is 418 g/mol. The smallest absolute Gasteiger partial charge is 0.251 e. The molecular formula is C23H22N4O4. The molecule has 0 spiro atoms. The maximum absolute atomic E-state index is 12.7. The monoisotopic (exact) mass is 418 g/mol. The molecule has 1 aromatic heterocycles. The van der Waals surface area contributed by atoms with Crippen molar-refractivity contribution in [2.75, 3.05) is 23.8 Å². The highest BCUT2D eigenvalue weighted by Gasteiger charge is 2.36. The van der Waals surface area contributed by atoms with Gasteiger partial charge in [-0.05, 0) is 31.5 Å². The van der Waals surface area contributed by atoms with Crippen molar-refractivity contribution in [1.82, 2.24) is 9.78 Å². The molecule has 2 aromatic carbocycles. The summed E-state index contributed by atoms with van der Waals surface area (Å²) in [6.45, 7) is 4.90. The molecule has 158 valence electrons. The number of aromatic nitrogens is 2. The van der Waals surface area contributed by atoms with Crippen LogP contribution < -0.4 is 20.1 Å². The van der Waals surface area contributed by atoms with Crippen LogP contribution in [0.5, 0.6) is 11.5 Å². The quantitative estimate of drug-likeness (QED) is 0.677. The number of fused-ring (bicyclic) bond motifs is 2. The lowest BCUT2D eigenvalue weighted by molar-refractivity contribution is -0.123. The normalized spacial score (nSPS) is 16.6. The molecule has 0 aliphatic carbocycles. The third kappa shape index (κ3) is 3.50. The van der Waals surface area contributed by atoms with E-state index < -0.39 is 6.04 Å². The highest BCUT2D eigenvalue weighted by molar-refractivity contribution is 6.04. The maximum atomic E-state index is 12.7. The number of nitrogens with one attached hydrogen (secondary N) is 2. The van der Waals surface area contributed by atoms with E-state index in [0.717, 1.165) is 22.4 Å². The first-order valence-corrected chi connectivity index (χ1v) is 10.2. The zero-order chi connectivity index (χ0) is 21.5. The average Bonchev–Trinajstić information content (AvgIpc) is 3.22. The van der Waals surface area contributed by atoms with E-state index in [1.165, 1.54) is 0 Å². The molecule has 8 heteroatoms. The zero-order valence-electron chi connectivity index (χ0n) is 17.3. The second kappa shape index (κ2) is 7.46. The minimum Gasteiger partial charge on any atom is -0.486 e. The van der Waals surface area contributed by atoms with Crippen LogP contribution in [0.2, 0.25) is 0 Å². The van der Waals surface area contributed by atoms with Crippen molar-refractivity contribution < 1.29 is 19.1 Å². The number of anilines is 2. The number of hydrogen-bond donors (Lipinski definition) is 2. The summed E-state index contributed by atoms with van der Waals surface area (Å²) >= 11 is 0. The highest BCUT2D eigenvalue weighted by Crippen LogP contribution is 2.38. The number of rotatable bonds is 4. The van der Waals surface area contributed by atoms with Crippen molar-refractivity contribution in [3.63, 3.8) is 0 Å². The molecule has 2 amide bonds. The fraction of sp³-hybridized carbons (Fsp3) is 0.261. The fourth-order valence-electron chi connectivity index (χ4n) is 3.96. The molecule has 1 atom stereocenters. The van der Waals surface area contributed by atoms with Gasteiger partial charge in [0.2, 0.25) is 5.91 Å². The predicted octanol–water partition coefficient (Wildman–Crippen LogP) is 3.46. The molecule has 0 bridgehead atoms. The Labute approximate surface area is 179 Å². The molecule has 0 saturated heterocycles. The second-order valence-electron chi connectivity index (χ2n) is 7.74. The number of amides is 2. The van der Waals surface area contributed by atoms with Gasteiger partial charge in [0.05, 0.1) is 12.1 Å². The lowest BCUT2D eigenvalue weighted by Gasteiger charge is -2.19. The van der Waals surface area contributed by atoms with Crippen LogP contribution in [0, 0.1) is 13.8 Å². The van der Waals surface area contributed by atoms with Gasteiger partial charge in [0, 0.05) is 17.3 Å². The predicted molar refractivity (Wildman–Crippen MR) is 115 cm³/mol. The van der Waals surface area contributed by atoms with Gasteiger partial charge < -0.3 is 20.1 Å². The summed E-state index contributed by atoms with van der Waals surface area (Å²) < 4.78 is 12.7. The van der Waals surface area contributed by atoms with Crippen LogP contribution >= 0.6 is 0 Å². The number of ether oxygens (including phenoxy) is 2. The molecule has 31 heavy (non-hydrogen) atoms. The summed E-state index contributed by atoms with van der Waals surface area (Å²) in [5, 5.41) is 10.3. The van der Waals surface area contributed by atoms with Gasteiger partial charge in [-0.3, -0.25) is 9.59 Å². The van der Waals surface area contributed by atoms with Crippen LogP contribution in [0.25, 0.3) is 11.1 Å². The largest absolute Gasteiger partial charge is 0.486 e. The van der Waals surface area contributed by atoms with Crippen LogP contribution in [-0.4, -0.2) is 34.8 Å². The molecule has 2 aliphatic rings. The third-order valence-corrected chi connectivity index (χ3v) is 5.47. The molecule has 3 aromatic rings. The van der Waals surface area contributed by atoms with Crippen LogP contribution in [-0.2, 0) is 9.59 Å². The molecule has 0 saturated carbocycles. The lowest BCUT2D eigenvalue weighted by Crippen LogP contribution is -2.24. The molecule has 2 aliphatic heterocycles. The Morgan fingerprint density at radius 1 is 1.13 bits per heavy atom. The van der Waals surface area contributed by atoms with Gasteiger partial charge in [-0.15, -0.1) is 0 Å². The Bertz CT molecular complexity index is 1180. The van der Waals surface area contributed by atoms with Crippen molar-refractivity contribution in [3.05, 3.63) is 53.7 Å². The summed E-state index contributed by atoms with van der Waals surface area (Å²) in [6, 6.07) is 12.6. The summed E-state index contributed by atoms with van der Waals surface area (Å²) in [4.78, 5) is 25.3. The number of nitrogens with zero attached hydrogens (tertiary/aromatic N) is 2. The van der Waals surface area contributed by atoms with Gasteiger partial charge in [0.15, 0.2) is 11.5 Å². The van der Waals surface area contributed by atoms with Crippen LogP contribution in [0.3, 0.4) is 0 Å². The fourth-order valence-corrected chi connectivity index (χ4v) is 3.96. The summed E-state index contributed by atoms with van der Waals surface area (Å²) in [7, 11) is 0. The number of benzene rings is 2. The minimum atomic E-state index is -0.704. The number of aryl methyl sites for hydroxylation is 2. The van der Waals surface area contributed by atoms with Gasteiger partial charge in [0.25, 0.3) is 5.91 Å². The van der Waals surface area contributed by atoms with E-state index in [0.29, 0.717) is 36.2 Å². The van der Waals surface area contributed by atoms with Crippen molar-refractivity contribution in [2.24, 2.45) is 0 Å². The minimum absolute atomic E-state index is 0.0261. The van der Waals surface area contributed by atoms with Crippen molar-refractivity contribution >= 4 is 23.3 Å². The zero-order valence-corrected chi connectivity index (χ0v) is 17.3. The molecule has 5 rings (SSSR count). The van der Waals surface area contributed by atoms with E-state index in [4.69, 9.17) is 9.47 Å². The number of carbonyl (C=O) groups is 2.